The van der Waals surface area contributed by atoms with Crippen LogP contribution in [0.15, 0.2) is 18.2 Å². The van der Waals surface area contributed by atoms with Gasteiger partial charge in [0.2, 0.25) is 0 Å². The maximum absolute atomic E-state index is 12.8. The average molecular weight is 385 g/mol. The van der Waals surface area contributed by atoms with Crippen LogP contribution >= 0.6 is 11.3 Å². The summed E-state index contributed by atoms with van der Waals surface area (Å²) in [6.45, 7) is 3.22. The Bertz CT molecular complexity index is 858. The zero-order valence-corrected chi connectivity index (χ0v) is 16.3. The molecule has 0 spiro atoms. The van der Waals surface area contributed by atoms with Crippen LogP contribution in [-0.4, -0.2) is 40.0 Å². The zero-order chi connectivity index (χ0) is 19.0. The first-order chi connectivity index (χ1) is 13.0. The summed E-state index contributed by atoms with van der Waals surface area (Å²) in [4.78, 5) is 32.3. The summed E-state index contributed by atoms with van der Waals surface area (Å²) >= 11 is 1.88. The number of carboxylic acid groups (broad SMARTS) is 1. The van der Waals surface area contributed by atoms with Crippen LogP contribution in [0.25, 0.3) is 0 Å². The predicted octanol–water partition coefficient (Wildman–Crippen LogP) is 4.05. The first-order valence-corrected chi connectivity index (χ1v) is 10.5. The number of benzene rings is 1. The lowest BCUT2D eigenvalue weighted by Gasteiger charge is -2.31. The van der Waals surface area contributed by atoms with Crippen LogP contribution in [0.4, 0.5) is 0 Å². The summed E-state index contributed by atoms with van der Waals surface area (Å²) in [5.74, 6) is -0.631. The second kappa shape index (κ2) is 7.43. The SMILES string of the molecule is Cc1cc(C(=O)O)cc(C(=O)N2CCC(c3nc4c(s3)CCCC4)CC2)c1. The fraction of sp³-hybridized carbons (Fsp3) is 0.476. The van der Waals surface area contributed by atoms with E-state index in [0.717, 1.165) is 24.8 Å². The van der Waals surface area contributed by atoms with Gasteiger partial charge in [-0.15, -0.1) is 11.3 Å². The van der Waals surface area contributed by atoms with Gasteiger partial charge in [0.25, 0.3) is 5.91 Å². The van der Waals surface area contributed by atoms with E-state index in [1.165, 1.54) is 40.9 Å². The summed E-state index contributed by atoms with van der Waals surface area (Å²) in [5.41, 5.74) is 2.74. The summed E-state index contributed by atoms with van der Waals surface area (Å²) in [7, 11) is 0. The van der Waals surface area contributed by atoms with Crippen molar-refractivity contribution in [3.63, 3.8) is 0 Å². The topological polar surface area (TPSA) is 70.5 Å². The van der Waals surface area contributed by atoms with Crippen molar-refractivity contribution in [2.75, 3.05) is 13.1 Å². The van der Waals surface area contributed by atoms with Crippen molar-refractivity contribution in [1.29, 1.82) is 0 Å². The number of hydrogen-bond acceptors (Lipinski definition) is 4. The number of fused-ring (bicyclic) bond motifs is 1. The van der Waals surface area contributed by atoms with E-state index in [0.29, 0.717) is 24.6 Å². The van der Waals surface area contributed by atoms with Crippen molar-refractivity contribution >= 4 is 23.2 Å². The molecular formula is C21H24N2O3S. The van der Waals surface area contributed by atoms with E-state index in [9.17, 15) is 14.7 Å². The molecule has 1 fully saturated rings. The van der Waals surface area contributed by atoms with E-state index in [1.807, 2.05) is 23.2 Å². The third-order valence-corrected chi connectivity index (χ3v) is 6.88. The Morgan fingerprint density at radius 1 is 1.11 bits per heavy atom. The first-order valence-electron chi connectivity index (χ1n) is 9.64. The molecule has 2 heterocycles. The highest BCUT2D eigenvalue weighted by molar-refractivity contribution is 7.11. The Labute approximate surface area is 163 Å². The highest BCUT2D eigenvalue weighted by atomic mass is 32.1. The van der Waals surface area contributed by atoms with Crippen molar-refractivity contribution in [3.05, 3.63) is 50.5 Å². The third-order valence-electron chi connectivity index (χ3n) is 5.56. The average Bonchev–Trinajstić information content (AvgIpc) is 3.11. The number of hydrogen-bond donors (Lipinski definition) is 1. The number of amides is 1. The van der Waals surface area contributed by atoms with Gasteiger partial charge in [-0.3, -0.25) is 4.79 Å². The minimum Gasteiger partial charge on any atom is -0.478 e. The van der Waals surface area contributed by atoms with E-state index in [1.54, 1.807) is 12.1 Å². The molecule has 1 aromatic heterocycles. The molecule has 142 valence electrons. The molecule has 1 amide bonds. The Hall–Kier alpha value is -2.21. The number of piperidine rings is 1. The maximum Gasteiger partial charge on any atom is 0.335 e. The molecule has 1 aromatic carbocycles. The molecule has 2 aromatic rings. The normalized spacial score (nSPS) is 17.6. The van der Waals surface area contributed by atoms with Crippen LogP contribution in [0, 0.1) is 6.92 Å². The number of thiazole rings is 1. The van der Waals surface area contributed by atoms with Crippen LogP contribution < -0.4 is 0 Å². The van der Waals surface area contributed by atoms with Crippen LogP contribution in [0.3, 0.4) is 0 Å². The molecule has 4 rings (SSSR count). The molecule has 1 aliphatic heterocycles. The molecule has 0 bridgehead atoms. The van der Waals surface area contributed by atoms with Gasteiger partial charge in [0.05, 0.1) is 16.3 Å². The Morgan fingerprint density at radius 3 is 2.52 bits per heavy atom. The van der Waals surface area contributed by atoms with E-state index in [-0.39, 0.29) is 11.5 Å². The highest BCUT2D eigenvalue weighted by Crippen LogP contribution is 2.35. The third kappa shape index (κ3) is 3.76. The molecule has 0 unspecified atom stereocenters. The highest BCUT2D eigenvalue weighted by Gasteiger charge is 2.28. The zero-order valence-electron chi connectivity index (χ0n) is 15.5. The molecule has 1 aliphatic carbocycles. The molecular weight excluding hydrogens is 360 g/mol. The van der Waals surface area contributed by atoms with Crippen LogP contribution in [0.1, 0.15) is 73.5 Å². The number of likely N-dealkylation sites (tertiary alicyclic amines) is 1. The number of carbonyl (C=O) groups is 2. The number of aromatic nitrogens is 1. The lowest BCUT2D eigenvalue weighted by molar-refractivity contribution is 0.0696. The van der Waals surface area contributed by atoms with E-state index < -0.39 is 5.97 Å². The summed E-state index contributed by atoms with van der Waals surface area (Å²) in [6.07, 6.45) is 6.66. The first kappa shape index (κ1) is 18.2. The van der Waals surface area contributed by atoms with Gasteiger partial charge in [-0.05, 0) is 69.2 Å². The van der Waals surface area contributed by atoms with E-state index >= 15 is 0 Å². The molecule has 0 atom stereocenters. The minimum absolute atomic E-state index is 0.0712. The van der Waals surface area contributed by atoms with Gasteiger partial charge in [0.1, 0.15) is 0 Å². The van der Waals surface area contributed by atoms with Crippen molar-refractivity contribution in [2.45, 2.75) is 51.4 Å². The second-order valence-electron chi connectivity index (χ2n) is 7.59. The lowest BCUT2D eigenvalue weighted by Crippen LogP contribution is -2.38. The Morgan fingerprint density at radius 2 is 1.81 bits per heavy atom. The number of rotatable bonds is 3. The minimum atomic E-state index is -1.00. The van der Waals surface area contributed by atoms with Crippen molar-refractivity contribution in [2.24, 2.45) is 0 Å². The molecule has 0 radical (unpaired) electrons. The molecule has 0 saturated carbocycles. The smallest absolute Gasteiger partial charge is 0.335 e. The molecule has 1 N–H and O–H groups in total. The van der Waals surface area contributed by atoms with Crippen molar-refractivity contribution in [3.8, 4) is 0 Å². The van der Waals surface area contributed by atoms with Gasteiger partial charge in [0.15, 0.2) is 0 Å². The second-order valence-corrected chi connectivity index (χ2v) is 8.70. The molecule has 2 aliphatic rings. The maximum atomic E-state index is 12.8. The van der Waals surface area contributed by atoms with Gasteiger partial charge >= 0.3 is 5.97 Å². The number of carboxylic acids is 1. The number of aryl methyl sites for hydroxylation is 3. The number of carbonyl (C=O) groups excluding carboxylic acids is 1. The van der Waals surface area contributed by atoms with Crippen LogP contribution in [0.2, 0.25) is 0 Å². The molecule has 27 heavy (non-hydrogen) atoms. The standard InChI is InChI=1S/C21H24N2O3S/c1-13-10-15(12-16(11-13)21(25)26)20(24)23-8-6-14(7-9-23)19-22-17-4-2-3-5-18(17)27-19/h10-12,14H,2-9H2,1H3,(H,25,26). The lowest BCUT2D eigenvalue weighted by atomic mass is 9.96. The van der Waals surface area contributed by atoms with Gasteiger partial charge in [-0.1, -0.05) is 0 Å². The largest absolute Gasteiger partial charge is 0.478 e. The van der Waals surface area contributed by atoms with Gasteiger partial charge < -0.3 is 10.0 Å². The quantitative estimate of drug-likeness (QED) is 0.867. The summed E-state index contributed by atoms with van der Waals surface area (Å²) < 4.78 is 0. The van der Waals surface area contributed by atoms with Gasteiger partial charge in [-0.25, -0.2) is 9.78 Å². The van der Waals surface area contributed by atoms with E-state index in [2.05, 4.69) is 0 Å². The van der Waals surface area contributed by atoms with Gasteiger partial charge in [-0.2, -0.15) is 0 Å². The molecule has 5 nitrogen and oxygen atoms in total. The predicted molar refractivity (Wildman–Crippen MR) is 105 cm³/mol. The van der Waals surface area contributed by atoms with Gasteiger partial charge in [0, 0.05) is 29.4 Å². The Kier molecular flexibility index (Phi) is 5.00. The fourth-order valence-electron chi connectivity index (χ4n) is 4.09. The summed E-state index contributed by atoms with van der Waals surface area (Å²) in [5, 5.41) is 10.5. The van der Waals surface area contributed by atoms with Crippen LogP contribution in [0.5, 0.6) is 0 Å². The van der Waals surface area contributed by atoms with E-state index in [4.69, 9.17) is 4.98 Å². The number of aromatic carboxylic acids is 1. The van der Waals surface area contributed by atoms with Crippen LogP contribution in [-0.2, 0) is 12.8 Å². The summed E-state index contributed by atoms with van der Waals surface area (Å²) in [6, 6.07) is 4.85. The Balaban J connectivity index is 1.44. The number of nitrogens with zero attached hydrogens (tertiary/aromatic N) is 2. The monoisotopic (exact) mass is 384 g/mol. The molecule has 1 saturated heterocycles. The fourth-order valence-corrected chi connectivity index (χ4v) is 5.41. The van der Waals surface area contributed by atoms with Crippen molar-refractivity contribution < 1.29 is 14.7 Å². The molecule has 6 heteroatoms. The van der Waals surface area contributed by atoms with Crippen molar-refractivity contribution in [1.82, 2.24) is 9.88 Å².